The van der Waals surface area contributed by atoms with E-state index in [0.29, 0.717) is 13.2 Å². The molecule has 5 heteroatoms. The molecule has 0 amide bonds. The van der Waals surface area contributed by atoms with Gasteiger partial charge in [0.2, 0.25) is 10.0 Å². The summed E-state index contributed by atoms with van der Waals surface area (Å²) < 4.78 is 30.8. The Morgan fingerprint density at radius 2 is 1.89 bits per heavy atom. The Morgan fingerprint density at radius 1 is 1.28 bits per heavy atom. The van der Waals surface area contributed by atoms with Crippen molar-refractivity contribution in [1.82, 2.24) is 4.31 Å². The lowest BCUT2D eigenvalue weighted by molar-refractivity contribution is 0.332. The molecule has 18 heavy (non-hydrogen) atoms. The smallest absolute Gasteiger partial charge is 0.216 e. The number of para-hydroxylation sites is 1. The standard InChI is InChI=1S/C13H21NO3S/c1-5-17-13-9-7-6-8-12(13)10-14(4)18(15,16)11(2)3/h6-9,11H,5,10H2,1-4H3. The van der Waals surface area contributed by atoms with E-state index < -0.39 is 15.3 Å². The first-order valence-electron chi connectivity index (χ1n) is 6.05. The molecule has 1 aromatic rings. The second kappa shape index (κ2) is 6.20. The Kier molecular flexibility index (Phi) is 5.16. The highest BCUT2D eigenvalue weighted by molar-refractivity contribution is 7.89. The van der Waals surface area contributed by atoms with Crippen LogP contribution in [0.25, 0.3) is 0 Å². The summed E-state index contributed by atoms with van der Waals surface area (Å²) in [5.41, 5.74) is 0.881. The molecule has 0 aliphatic carbocycles. The van der Waals surface area contributed by atoms with Crippen LogP contribution in [-0.2, 0) is 16.6 Å². The van der Waals surface area contributed by atoms with E-state index >= 15 is 0 Å². The molecular formula is C13H21NO3S. The maximum atomic E-state index is 12.0. The fraction of sp³-hybridized carbons (Fsp3) is 0.538. The van der Waals surface area contributed by atoms with E-state index in [-0.39, 0.29) is 0 Å². The van der Waals surface area contributed by atoms with Gasteiger partial charge in [-0.05, 0) is 26.8 Å². The van der Waals surface area contributed by atoms with Crippen molar-refractivity contribution in [2.24, 2.45) is 0 Å². The minimum Gasteiger partial charge on any atom is -0.494 e. The van der Waals surface area contributed by atoms with Gasteiger partial charge in [0.15, 0.2) is 0 Å². The average molecular weight is 271 g/mol. The van der Waals surface area contributed by atoms with E-state index in [0.717, 1.165) is 11.3 Å². The first-order chi connectivity index (χ1) is 8.39. The number of rotatable bonds is 6. The second-order valence-electron chi connectivity index (χ2n) is 4.39. The highest BCUT2D eigenvalue weighted by Gasteiger charge is 2.22. The minimum absolute atomic E-state index is 0.330. The Bertz CT molecular complexity index is 483. The Balaban J connectivity index is 2.91. The molecule has 102 valence electrons. The quantitative estimate of drug-likeness (QED) is 0.797. The molecule has 0 bridgehead atoms. The van der Waals surface area contributed by atoms with Gasteiger partial charge in [-0.15, -0.1) is 0 Å². The Hall–Kier alpha value is -1.07. The molecule has 4 nitrogen and oxygen atoms in total. The van der Waals surface area contributed by atoms with Crippen molar-refractivity contribution in [3.05, 3.63) is 29.8 Å². The Labute approximate surface area is 110 Å². The predicted molar refractivity (Wildman–Crippen MR) is 73.1 cm³/mol. The number of nitrogens with zero attached hydrogens (tertiary/aromatic N) is 1. The molecular weight excluding hydrogens is 250 g/mol. The molecule has 0 aromatic heterocycles. The third kappa shape index (κ3) is 3.46. The summed E-state index contributed by atoms with van der Waals surface area (Å²) in [6.07, 6.45) is 0. The first kappa shape index (κ1) is 15.0. The van der Waals surface area contributed by atoms with Gasteiger partial charge >= 0.3 is 0 Å². The maximum absolute atomic E-state index is 12.0. The molecule has 1 aromatic carbocycles. The topological polar surface area (TPSA) is 46.6 Å². The fourth-order valence-electron chi connectivity index (χ4n) is 1.62. The average Bonchev–Trinajstić information content (AvgIpc) is 2.31. The van der Waals surface area contributed by atoms with Crippen LogP contribution in [-0.4, -0.2) is 31.6 Å². The van der Waals surface area contributed by atoms with Gasteiger partial charge in [-0.3, -0.25) is 0 Å². The van der Waals surface area contributed by atoms with Crippen molar-refractivity contribution in [3.8, 4) is 5.75 Å². The summed E-state index contributed by atoms with van der Waals surface area (Å²) >= 11 is 0. The first-order valence-corrected chi connectivity index (χ1v) is 7.55. The van der Waals surface area contributed by atoms with Crippen LogP contribution in [0.3, 0.4) is 0 Å². The molecule has 0 saturated carbocycles. The van der Waals surface area contributed by atoms with E-state index in [9.17, 15) is 8.42 Å². The van der Waals surface area contributed by atoms with E-state index in [4.69, 9.17) is 4.74 Å². The van der Waals surface area contributed by atoms with Gasteiger partial charge in [-0.25, -0.2) is 12.7 Å². The van der Waals surface area contributed by atoms with E-state index in [1.54, 1.807) is 20.9 Å². The van der Waals surface area contributed by atoms with Crippen molar-refractivity contribution in [2.45, 2.75) is 32.6 Å². The Morgan fingerprint density at radius 3 is 2.44 bits per heavy atom. The molecule has 0 spiro atoms. The summed E-state index contributed by atoms with van der Waals surface area (Å²) in [5.74, 6) is 0.741. The third-order valence-corrected chi connectivity index (χ3v) is 4.88. The minimum atomic E-state index is -3.23. The van der Waals surface area contributed by atoms with Crippen molar-refractivity contribution < 1.29 is 13.2 Å². The van der Waals surface area contributed by atoms with Crippen LogP contribution in [0.5, 0.6) is 5.75 Å². The molecule has 0 aliphatic rings. The van der Waals surface area contributed by atoms with Crippen molar-refractivity contribution in [1.29, 1.82) is 0 Å². The van der Waals surface area contributed by atoms with Gasteiger partial charge in [0.25, 0.3) is 0 Å². The van der Waals surface area contributed by atoms with Crippen molar-refractivity contribution in [3.63, 3.8) is 0 Å². The molecule has 0 aliphatic heterocycles. The summed E-state index contributed by atoms with van der Waals surface area (Å²) in [6.45, 7) is 6.17. The van der Waals surface area contributed by atoms with Crippen molar-refractivity contribution >= 4 is 10.0 Å². The molecule has 1 rings (SSSR count). The third-order valence-electron chi connectivity index (χ3n) is 2.70. The van der Waals surface area contributed by atoms with Crippen LogP contribution in [0.1, 0.15) is 26.3 Å². The highest BCUT2D eigenvalue weighted by Crippen LogP contribution is 2.21. The molecule has 0 saturated heterocycles. The zero-order valence-electron chi connectivity index (χ0n) is 11.4. The van der Waals surface area contributed by atoms with Gasteiger partial charge in [-0.1, -0.05) is 18.2 Å². The molecule has 0 fully saturated rings. The van der Waals surface area contributed by atoms with Crippen LogP contribution in [0.2, 0.25) is 0 Å². The monoisotopic (exact) mass is 271 g/mol. The van der Waals surface area contributed by atoms with Crippen LogP contribution < -0.4 is 4.74 Å². The zero-order chi connectivity index (χ0) is 13.8. The largest absolute Gasteiger partial charge is 0.494 e. The molecule has 0 atom stereocenters. The number of hydrogen-bond acceptors (Lipinski definition) is 3. The number of sulfonamides is 1. The summed E-state index contributed by atoms with van der Waals surface area (Å²) in [6, 6.07) is 7.51. The molecule has 0 radical (unpaired) electrons. The van der Waals surface area contributed by atoms with Gasteiger partial charge < -0.3 is 4.74 Å². The van der Waals surface area contributed by atoms with Gasteiger partial charge in [0, 0.05) is 19.2 Å². The van der Waals surface area contributed by atoms with Crippen LogP contribution in [0.15, 0.2) is 24.3 Å². The summed E-state index contributed by atoms with van der Waals surface area (Å²) in [5, 5.41) is -0.415. The van der Waals surface area contributed by atoms with Crippen LogP contribution in [0, 0.1) is 0 Å². The predicted octanol–water partition coefficient (Wildman–Crippen LogP) is 2.26. The van der Waals surface area contributed by atoms with E-state index in [1.165, 1.54) is 4.31 Å². The summed E-state index contributed by atoms with van der Waals surface area (Å²) in [7, 11) is -1.63. The maximum Gasteiger partial charge on any atom is 0.216 e. The van der Waals surface area contributed by atoms with Crippen molar-refractivity contribution in [2.75, 3.05) is 13.7 Å². The lowest BCUT2D eigenvalue weighted by atomic mass is 10.2. The van der Waals surface area contributed by atoms with E-state index in [1.807, 2.05) is 31.2 Å². The zero-order valence-corrected chi connectivity index (χ0v) is 12.2. The van der Waals surface area contributed by atoms with E-state index in [2.05, 4.69) is 0 Å². The van der Waals surface area contributed by atoms with Gasteiger partial charge in [0.1, 0.15) is 5.75 Å². The molecule has 0 N–H and O–H groups in total. The van der Waals surface area contributed by atoms with Gasteiger partial charge in [-0.2, -0.15) is 0 Å². The molecule has 0 heterocycles. The normalized spacial score (nSPS) is 12.1. The lowest BCUT2D eigenvalue weighted by Crippen LogP contribution is -2.32. The van der Waals surface area contributed by atoms with Crippen LogP contribution in [0.4, 0.5) is 0 Å². The number of ether oxygens (including phenoxy) is 1. The summed E-state index contributed by atoms with van der Waals surface area (Å²) in [4.78, 5) is 0. The fourth-order valence-corrected chi connectivity index (χ4v) is 2.66. The molecule has 0 unspecified atom stereocenters. The van der Waals surface area contributed by atoms with Crippen LogP contribution >= 0.6 is 0 Å². The SMILES string of the molecule is CCOc1ccccc1CN(C)S(=O)(=O)C(C)C. The van der Waals surface area contributed by atoms with Gasteiger partial charge in [0.05, 0.1) is 11.9 Å². The lowest BCUT2D eigenvalue weighted by Gasteiger charge is -2.21. The number of hydrogen-bond donors (Lipinski definition) is 0. The number of benzene rings is 1. The highest BCUT2D eigenvalue weighted by atomic mass is 32.2. The second-order valence-corrected chi connectivity index (χ2v) is 6.99.